The normalized spacial score (nSPS) is 13.2. The van der Waals surface area contributed by atoms with Crippen molar-refractivity contribution in [1.29, 1.82) is 0 Å². The van der Waals surface area contributed by atoms with Crippen LogP contribution in [-0.2, 0) is 13.1 Å². The van der Waals surface area contributed by atoms with Crippen LogP contribution in [0.3, 0.4) is 0 Å². The first kappa shape index (κ1) is 19.4. The zero-order valence-electron chi connectivity index (χ0n) is 18.1. The van der Waals surface area contributed by atoms with E-state index in [-0.39, 0.29) is 5.91 Å². The molecule has 0 bridgehead atoms. The third kappa shape index (κ3) is 3.65. The number of benzene rings is 3. The molecule has 0 fully saturated rings. The molecule has 0 spiro atoms. The highest BCUT2D eigenvalue weighted by Gasteiger charge is 2.20. The van der Waals surface area contributed by atoms with Crippen LogP contribution in [0.2, 0.25) is 0 Å². The van der Waals surface area contributed by atoms with Gasteiger partial charge in [0.15, 0.2) is 0 Å². The SMILES string of the molecule is O=C(Nc1cccc(N2CCn3c(nc4ccccc43)C2)c1)c1ccc(-n2cccc2)cc1. The van der Waals surface area contributed by atoms with Gasteiger partial charge in [0.25, 0.3) is 5.91 Å². The number of aromatic nitrogens is 3. The molecule has 0 aliphatic carbocycles. The van der Waals surface area contributed by atoms with E-state index in [9.17, 15) is 4.79 Å². The monoisotopic (exact) mass is 433 g/mol. The minimum Gasteiger partial charge on any atom is -0.362 e. The summed E-state index contributed by atoms with van der Waals surface area (Å²) < 4.78 is 4.31. The Morgan fingerprint density at radius 2 is 1.64 bits per heavy atom. The molecular formula is C27H23N5O. The lowest BCUT2D eigenvalue weighted by Crippen LogP contribution is -2.33. The van der Waals surface area contributed by atoms with Crippen molar-refractivity contribution in [1.82, 2.24) is 14.1 Å². The molecular weight excluding hydrogens is 410 g/mol. The molecule has 0 saturated carbocycles. The van der Waals surface area contributed by atoms with Crippen LogP contribution in [-0.4, -0.2) is 26.6 Å². The molecule has 1 amide bonds. The van der Waals surface area contributed by atoms with Gasteiger partial charge in [0.1, 0.15) is 5.82 Å². The molecule has 3 aromatic carbocycles. The van der Waals surface area contributed by atoms with Crippen molar-refractivity contribution in [2.24, 2.45) is 0 Å². The Balaban J connectivity index is 1.18. The number of rotatable bonds is 4. The Morgan fingerprint density at radius 1 is 0.818 bits per heavy atom. The van der Waals surface area contributed by atoms with Crippen LogP contribution in [0.25, 0.3) is 16.7 Å². The van der Waals surface area contributed by atoms with E-state index in [0.717, 1.165) is 48.0 Å². The highest BCUT2D eigenvalue weighted by atomic mass is 16.1. The molecule has 0 radical (unpaired) electrons. The van der Waals surface area contributed by atoms with Gasteiger partial charge in [0.2, 0.25) is 0 Å². The van der Waals surface area contributed by atoms with Gasteiger partial charge in [-0.05, 0) is 66.7 Å². The van der Waals surface area contributed by atoms with Gasteiger partial charge in [-0.25, -0.2) is 4.98 Å². The average Bonchev–Trinajstić information content (AvgIpc) is 3.52. The largest absolute Gasteiger partial charge is 0.362 e. The standard InChI is InChI=1S/C27H23N5O/c33-27(20-10-12-22(13-11-20)30-14-3-4-15-30)28-21-6-5-7-23(18-21)31-16-17-32-25-9-2-1-8-24(25)29-26(32)19-31/h1-15,18H,16-17,19H2,(H,28,33). The second kappa shape index (κ2) is 7.98. The first-order chi connectivity index (χ1) is 16.2. The number of amides is 1. The molecule has 0 saturated heterocycles. The van der Waals surface area contributed by atoms with Gasteiger partial charge in [-0.1, -0.05) is 18.2 Å². The zero-order chi connectivity index (χ0) is 22.2. The third-order valence-corrected chi connectivity index (χ3v) is 6.16. The number of carbonyl (C=O) groups is 1. The number of nitrogens with zero attached hydrogens (tertiary/aromatic N) is 4. The number of para-hydroxylation sites is 2. The maximum absolute atomic E-state index is 12.8. The van der Waals surface area contributed by atoms with E-state index in [1.165, 1.54) is 5.52 Å². The van der Waals surface area contributed by atoms with Gasteiger partial charge in [0.05, 0.1) is 17.6 Å². The number of carbonyl (C=O) groups excluding carboxylic acids is 1. The topological polar surface area (TPSA) is 55.1 Å². The Hall–Kier alpha value is -4.32. The molecule has 33 heavy (non-hydrogen) atoms. The quantitative estimate of drug-likeness (QED) is 0.429. The molecule has 1 aliphatic heterocycles. The lowest BCUT2D eigenvalue weighted by Gasteiger charge is -2.30. The molecule has 6 nitrogen and oxygen atoms in total. The van der Waals surface area contributed by atoms with Gasteiger partial charge < -0.3 is 19.4 Å². The highest BCUT2D eigenvalue weighted by Crippen LogP contribution is 2.26. The summed E-state index contributed by atoms with van der Waals surface area (Å²) in [5.74, 6) is 0.950. The number of nitrogens with one attached hydrogen (secondary N) is 1. The van der Waals surface area contributed by atoms with Crippen molar-refractivity contribution in [2.45, 2.75) is 13.1 Å². The van der Waals surface area contributed by atoms with Crippen LogP contribution in [0, 0.1) is 0 Å². The Morgan fingerprint density at radius 3 is 2.48 bits per heavy atom. The first-order valence-corrected chi connectivity index (χ1v) is 11.1. The molecule has 3 heterocycles. The van der Waals surface area contributed by atoms with Crippen molar-refractivity contribution in [3.8, 4) is 5.69 Å². The summed E-state index contributed by atoms with van der Waals surface area (Å²) in [6, 6.07) is 27.9. The molecule has 5 aromatic rings. The molecule has 2 aromatic heterocycles. The summed E-state index contributed by atoms with van der Waals surface area (Å²) in [6.07, 6.45) is 3.96. The molecule has 162 valence electrons. The second-order valence-corrected chi connectivity index (χ2v) is 8.23. The maximum atomic E-state index is 12.8. The van der Waals surface area contributed by atoms with E-state index < -0.39 is 0 Å². The molecule has 1 aliphatic rings. The van der Waals surface area contributed by atoms with Gasteiger partial charge >= 0.3 is 0 Å². The fraction of sp³-hybridized carbons (Fsp3) is 0.111. The lowest BCUT2D eigenvalue weighted by molar-refractivity contribution is 0.102. The van der Waals surface area contributed by atoms with Gasteiger partial charge in [-0.15, -0.1) is 0 Å². The number of fused-ring (bicyclic) bond motifs is 3. The van der Waals surface area contributed by atoms with Gasteiger partial charge in [-0.2, -0.15) is 0 Å². The van der Waals surface area contributed by atoms with Crippen molar-refractivity contribution in [3.05, 3.63) is 109 Å². The molecule has 1 N–H and O–H groups in total. The zero-order valence-corrected chi connectivity index (χ0v) is 18.1. The highest BCUT2D eigenvalue weighted by molar-refractivity contribution is 6.04. The Labute approximate surface area is 191 Å². The lowest BCUT2D eigenvalue weighted by atomic mass is 10.1. The predicted molar refractivity (Wildman–Crippen MR) is 131 cm³/mol. The smallest absolute Gasteiger partial charge is 0.255 e. The van der Waals surface area contributed by atoms with Crippen molar-refractivity contribution in [2.75, 3.05) is 16.8 Å². The number of imidazole rings is 1. The summed E-state index contributed by atoms with van der Waals surface area (Å²) in [5.41, 5.74) is 5.74. The van der Waals surface area contributed by atoms with E-state index >= 15 is 0 Å². The summed E-state index contributed by atoms with van der Waals surface area (Å²) in [7, 11) is 0. The van der Waals surface area contributed by atoms with Crippen LogP contribution >= 0.6 is 0 Å². The summed E-state index contributed by atoms with van der Waals surface area (Å²) in [6.45, 7) is 2.53. The molecule has 6 rings (SSSR count). The number of anilines is 2. The van der Waals surface area contributed by atoms with Crippen molar-refractivity contribution >= 4 is 28.3 Å². The third-order valence-electron chi connectivity index (χ3n) is 6.16. The summed E-state index contributed by atoms with van der Waals surface area (Å²) in [5, 5.41) is 3.04. The Kier molecular flexibility index (Phi) is 4.69. The first-order valence-electron chi connectivity index (χ1n) is 11.1. The average molecular weight is 434 g/mol. The Bertz CT molecular complexity index is 1430. The van der Waals surface area contributed by atoms with Gasteiger partial charge in [-0.3, -0.25) is 4.79 Å². The number of hydrogen-bond acceptors (Lipinski definition) is 3. The van der Waals surface area contributed by atoms with Crippen molar-refractivity contribution in [3.63, 3.8) is 0 Å². The second-order valence-electron chi connectivity index (χ2n) is 8.23. The van der Waals surface area contributed by atoms with Crippen LogP contribution in [0.1, 0.15) is 16.2 Å². The minimum absolute atomic E-state index is 0.119. The van der Waals surface area contributed by atoms with E-state index in [2.05, 4.69) is 39.0 Å². The number of hydrogen-bond donors (Lipinski definition) is 1. The van der Waals surface area contributed by atoms with E-state index in [1.54, 1.807) is 0 Å². The van der Waals surface area contributed by atoms with Crippen LogP contribution in [0.15, 0.2) is 97.3 Å². The van der Waals surface area contributed by atoms with Gasteiger partial charge in [0, 0.05) is 48.1 Å². The molecule has 6 heteroatoms. The summed E-state index contributed by atoms with van der Waals surface area (Å²) >= 11 is 0. The molecule has 0 unspecified atom stereocenters. The van der Waals surface area contributed by atoms with E-state index in [0.29, 0.717) is 5.56 Å². The summed E-state index contributed by atoms with van der Waals surface area (Å²) in [4.78, 5) is 19.9. The fourth-order valence-corrected chi connectivity index (χ4v) is 4.46. The van der Waals surface area contributed by atoms with E-state index in [4.69, 9.17) is 4.98 Å². The van der Waals surface area contributed by atoms with E-state index in [1.807, 2.05) is 77.6 Å². The molecule has 0 atom stereocenters. The van der Waals surface area contributed by atoms with Crippen LogP contribution in [0.5, 0.6) is 0 Å². The van der Waals surface area contributed by atoms with Crippen molar-refractivity contribution < 1.29 is 4.79 Å². The van der Waals surface area contributed by atoms with Crippen LogP contribution in [0.4, 0.5) is 11.4 Å². The van der Waals surface area contributed by atoms with Crippen LogP contribution < -0.4 is 10.2 Å². The maximum Gasteiger partial charge on any atom is 0.255 e. The minimum atomic E-state index is -0.119. The predicted octanol–water partition coefficient (Wildman–Crippen LogP) is 5.10. The fourth-order valence-electron chi connectivity index (χ4n) is 4.46.